The van der Waals surface area contributed by atoms with E-state index in [4.69, 9.17) is 14.6 Å². The molecular formula is C15H21NO7S. The molecule has 1 atom stereocenters. The summed E-state index contributed by atoms with van der Waals surface area (Å²) in [6.45, 7) is 1.44. The molecule has 1 amide bonds. The number of carboxylic acids is 1. The van der Waals surface area contributed by atoms with Crippen LogP contribution in [0.4, 0.5) is 0 Å². The Hall–Kier alpha value is -2.29. The molecule has 0 heterocycles. The van der Waals surface area contributed by atoms with Crippen molar-refractivity contribution in [1.29, 1.82) is 0 Å². The van der Waals surface area contributed by atoms with Crippen molar-refractivity contribution in [2.24, 2.45) is 0 Å². The summed E-state index contributed by atoms with van der Waals surface area (Å²) >= 11 is 0. The molecule has 0 saturated heterocycles. The third kappa shape index (κ3) is 5.73. The van der Waals surface area contributed by atoms with E-state index in [0.717, 1.165) is 0 Å². The highest BCUT2D eigenvalue weighted by Crippen LogP contribution is 2.30. The van der Waals surface area contributed by atoms with Crippen molar-refractivity contribution in [3.63, 3.8) is 0 Å². The topological polar surface area (TPSA) is 119 Å². The highest BCUT2D eigenvalue weighted by atomic mass is 32.2. The molecular weight excluding hydrogens is 338 g/mol. The maximum Gasteiger partial charge on any atom is 0.305 e. The lowest BCUT2D eigenvalue weighted by Gasteiger charge is -2.19. The third-order valence-corrected chi connectivity index (χ3v) is 4.90. The van der Waals surface area contributed by atoms with E-state index in [-0.39, 0.29) is 5.75 Å². The molecule has 134 valence electrons. The van der Waals surface area contributed by atoms with E-state index >= 15 is 0 Å². The van der Waals surface area contributed by atoms with Gasteiger partial charge in [-0.15, -0.1) is 0 Å². The van der Waals surface area contributed by atoms with E-state index < -0.39 is 39.9 Å². The van der Waals surface area contributed by atoms with Crippen molar-refractivity contribution in [2.45, 2.75) is 19.4 Å². The number of carbonyl (C=O) groups excluding carboxylic acids is 1. The first-order valence-electron chi connectivity index (χ1n) is 7.16. The van der Waals surface area contributed by atoms with Gasteiger partial charge in [-0.05, 0) is 17.7 Å². The summed E-state index contributed by atoms with van der Waals surface area (Å²) in [5.74, 6) is -1.91. The quantitative estimate of drug-likeness (QED) is 0.668. The van der Waals surface area contributed by atoms with E-state index in [2.05, 4.69) is 5.32 Å². The molecule has 0 saturated carbocycles. The fraction of sp³-hybridized carbons (Fsp3) is 0.467. The summed E-state index contributed by atoms with van der Waals surface area (Å²) in [6, 6.07) is 3.82. The number of nitrogens with one attached hydrogen (secondary N) is 1. The van der Waals surface area contributed by atoms with Crippen LogP contribution in [-0.4, -0.2) is 51.1 Å². The fourth-order valence-electron chi connectivity index (χ4n) is 2.03. The minimum Gasteiger partial charge on any atom is -0.493 e. The molecule has 0 spiro atoms. The van der Waals surface area contributed by atoms with Crippen LogP contribution in [0.15, 0.2) is 18.2 Å². The molecule has 1 unspecified atom stereocenters. The predicted octanol–water partition coefficient (Wildman–Crippen LogP) is 0.771. The Balaban J connectivity index is 3.05. The van der Waals surface area contributed by atoms with Crippen LogP contribution in [0.2, 0.25) is 0 Å². The molecule has 8 nitrogen and oxygen atoms in total. The van der Waals surface area contributed by atoms with Gasteiger partial charge >= 0.3 is 5.97 Å². The minimum absolute atomic E-state index is 0.166. The van der Waals surface area contributed by atoms with Gasteiger partial charge in [0.2, 0.25) is 5.91 Å². The van der Waals surface area contributed by atoms with E-state index in [1.807, 2.05) is 0 Å². The van der Waals surface area contributed by atoms with Crippen LogP contribution in [0, 0.1) is 0 Å². The van der Waals surface area contributed by atoms with Gasteiger partial charge in [-0.1, -0.05) is 13.0 Å². The lowest BCUT2D eigenvalue weighted by Crippen LogP contribution is -2.35. The second-order valence-electron chi connectivity index (χ2n) is 5.01. The zero-order valence-electron chi connectivity index (χ0n) is 13.7. The maximum atomic E-state index is 11.9. The predicted molar refractivity (Wildman–Crippen MR) is 87.0 cm³/mol. The Labute approximate surface area is 140 Å². The van der Waals surface area contributed by atoms with Crippen molar-refractivity contribution in [2.75, 3.05) is 25.7 Å². The number of sulfone groups is 1. The van der Waals surface area contributed by atoms with E-state index in [1.54, 1.807) is 18.2 Å². The first-order valence-corrected chi connectivity index (χ1v) is 8.98. The molecule has 1 rings (SSSR count). The average Bonchev–Trinajstić information content (AvgIpc) is 2.52. The number of methoxy groups -OCH3 is 2. The number of ether oxygens (including phenoxy) is 2. The normalized spacial score (nSPS) is 12.3. The van der Waals surface area contributed by atoms with Crippen LogP contribution in [0.25, 0.3) is 0 Å². The van der Waals surface area contributed by atoms with Crippen molar-refractivity contribution in [1.82, 2.24) is 5.32 Å². The van der Waals surface area contributed by atoms with Gasteiger partial charge in [-0.3, -0.25) is 9.59 Å². The summed E-state index contributed by atoms with van der Waals surface area (Å²) in [5, 5.41) is 11.5. The lowest BCUT2D eigenvalue weighted by atomic mass is 10.0. The lowest BCUT2D eigenvalue weighted by molar-refractivity contribution is -0.137. The molecule has 2 N–H and O–H groups in total. The summed E-state index contributed by atoms with van der Waals surface area (Å²) in [7, 11) is -0.610. The third-order valence-electron chi connectivity index (χ3n) is 3.31. The molecule has 1 aromatic carbocycles. The highest BCUT2D eigenvalue weighted by Gasteiger charge is 2.22. The van der Waals surface area contributed by atoms with Crippen molar-refractivity contribution in [3.8, 4) is 11.5 Å². The number of rotatable bonds is 9. The van der Waals surface area contributed by atoms with Gasteiger partial charge in [0.1, 0.15) is 5.75 Å². The molecule has 0 fully saturated rings. The monoisotopic (exact) mass is 359 g/mol. The number of benzene rings is 1. The summed E-state index contributed by atoms with van der Waals surface area (Å²) in [4.78, 5) is 23.0. The van der Waals surface area contributed by atoms with E-state index in [1.165, 1.54) is 21.1 Å². The maximum absolute atomic E-state index is 11.9. The zero-order valence-corrected chi connectivity index (χ0v) is 14.6. The number of hydrogen-bond acceptors (Lipinski definition) is 6. The molecule has 0 bridgehead atoms. The number of carboxylic acid groups (broad SMARTS) is 1. The van der Waals surface area contributed by atoms with Crippen molar-refractivity contribution in [3.05, 3.63) is 23.8 Å². The van der Waals surface area contributed by atoms with Crippen LogP contribution in [0.5, 0.6) is 11.5 Å². The highest BCUT2D eigenvalue weighted by molar-refractivity contribution is 7.92. The van der Waals surface area contributed by atoms with Crippen LogP contribution >= 0.6 is 0 Å². The van der Waals surface area contributed by atoms with Gasteiger partial charge in [0.05, 0.1) is 26.7 Å². The van der Waals surface area contributed by atoms with Gasteiger partial charge in [0.15, 0.2) is 21.3 Å². The van der Waals surface area contributed by atoms with Crippen LogP contribution in [-0.2, 0) is 19.4 Å². The van der Waals surface area contributed by atoms with Crippen molar-refractivity contribution >= 4 is 21.7 Å². The van der Waals surface area contributed by atoms with Crippen LogP contribution < -0.4 is 14.8 Å². The standard InChI is InChI=1S/C15H21NO7S/c1-4-24(20,21)9-14(17)16-11(8-15(18)19)10-5-6-12(22-2)13(7-10)23-3/h5-7,11H,4,8-9H2,1-3H3,(H,16,17)(H,18,19). The second kappa shape index (κ2) is 8.53. The van der Waals surface area contributed by atoms with E-state index in [9.17, 15) is 18.0 Å². The van der Waals surface area contributed by atoms with Gasteiger partial charge < -0.3 is 19.9 Å². The Morgan fingerprint density at radius 1 is 1.21 bits per heavy atom. The number of aliphatic carboxylic acids is 1. The smallest absolute Gasteiger partial charge is 0.305 e. The largest absolute Gasteiger partial charge is 0.493 e. The Bertz CT molecular complexity index is 700. The molecule has 0 radical (unpaired) electrons. The van der Waals surface area contributed by atoms with Gasteiger partial charge in [-0.2, -0.15) is 0 Å². The molecule has 0 aliphatic heterocycles. The Kier molecular flexibility index (Phi) is 7.02. The molecule has 24 heavy (non-hydrogen) atoms. The zero-order chi connectivity index (χ0) is 18.3. The molecule has 1 aromatic rings. The Morgan fingerprint density at radius 2 is 1.83 bits per heavy atom. The number of hydrogen-bond donors (Lipinski definition) is 2. The first kappa shape index (κ1) is 19.8. The molecule has 0 aromatic heterocycles. The van der Waals surface area contributed by atoms with Crippen LogP contribution in [0.3, 0.4) is 0 Å². The molecule has 9 heteroatoms. The number of amides is 1. The average molecular weight is 359 g/mol. The number of carbonyl (C=O) groups is 2. The molecule has 0 aliphatic rings. The summed E-state index contributed by atoms with van der Waals surface area (Å²) < 4.78 is 33.3. The van der Waals surface area contributed by atoms with Gasteiger partial charge in [0.25, 0.3) is 0 Å². The van der Waals surface area contributed by atoms with E-state index in [0.29, 0.717) is 17.1 Å². The summed E-state index contributed by atoms with van der Waals surface area (Å²) in [5.41, 5.74) is 0.470. The van der Waals surface area contributed by atoms with Gasteiger partial charge in [-0.25, -0.2) is 8.42 Å². The second-order valence-corrected chi connectivity index (χ2v) is 7.36. The van der Waals surface area contributed by atoms with Crippen molar-refractivity contribution < 1.29 is 32.6 Å². The van der Waals surface area contributed by atoms with Gasteiger partial charge in [0, 0.05) is 5.75 Å². The fourth-order valence-corrected chi connectivity index (χ4v) is 2.72. The first-order chi connectivity index (χ1) is 11.2. The van der Waals surface area contributed by atoms with Crippen LogP contribution in [0.1, 0.15) is 24.9 Å². The molecule has 0 aliphatic carbocycles. The SMILES string of the molecule is CCS(=O)(=O)CC(=O)NC(CC(=O)O)c1ccc(OC)c(OC)c1. The summed E-state index contributed by atoms with van der Waals surface area (Å²) in [6.07, 6.45) is -0.395. The minimum atomic E-state index is -3.50. The Morgan fingerprint density at radius 3 is 2.33 bits per heavy atom.